The highest BCUT2D eigenvalue weighted by atomic mass is 35.5. The summed E-state index contributed by atoms with van der Waals surface area (Å²) in [5.74, 6) is -0.793. The Balaban J connectivity index is 2.03. The lowest BCUT2D eigenvalue weighted by atomic mass is 9.88. The average Bonchev–Trinajstić information content (AvgIpc) is 2.63. The molecular formula is C21H24ClNO3. The van der Waals surface area contributed by atoms with Crippen LogP contribution in [0.25, 0.3) is 0 Å². The molecule has 0 radical (unpaired) electrons. The molecular weight excluding hydrogens is 350 g/mol. The van der Waals surface area contributed by atoms with Gasteiger partial charge in [0.15, 0.2) is 0 Å². The first-order valence-electron chi connectivity index (χ1n) is 8.84. The summed E-state index contributed by atoms with van der Waals surface area (Å²) in [6, 6.07) is 15.5. The lowest BCUT2D eigenvalue weighted by Crippen LogP contribution is -2.25. The maximum atomic E-state index is 12.0. The zero-order valence-electron chi connectivity index (χ0n) is 14.9. The van der Waals surface area contributed by atoms with E-state index in [0.717, 1.165) is 24.3 Å². The van der Waals surface area contributed by atoms with Gasteiger partial charge in [-0.25, -0.2) is 0 Å². The molecule has 0 heterocycles. The topological polar surface area (TPSA) is 66.4 Å². The van der Waals surface area contributed by atoms with Crippen molar-refractivity contribution in [3.05, 3.63) is 70.2 Å². The highest BCUT2D eigenvalue weighted by Gasteiger charge is 2.13. The van der Waals surface area contributed by atoms with Crippen LogP contribution in [0.4, 0.5) is 0 Å². The maximum absolute atomic E-state index is 12.0. The van der Waals surface area contributed by atoms with Gasteiger partial charge in [-0.15, -0.1) is 0 Å². The molecule has 0 aromatic heterocycles. The van der Waals surface area contributed by atoms with Gasteiger partial charge in [0, 0.05) is 17.1 Å². The minimum absolute atomic E-state index is 0.0799. The molecule has 0 unspecified atom stereocenters. The monoisotopic (exact) mass is 373 g/mol. The summed E-state index contributed by atoms with van der Waals surface area (Å²) in [4.78, 5) is 22.5. The van der Waals surface area contributed by atoms with E-state index in [1.165, 1.54) is 11.1 Å². The largest absolute Gasteiger partial charge is 0.481 e. The molecule has 0 saturated heterocycles. The molecule has 2 rings (SSSR count). The van der Waals surface area contributed by atoms with Crippen LogP contribution in [-0.2, 0) is 11.2 Å². The van der Waals surface area contributed by atoms with Gasteiger partial charge in [0.2, 0.25) is 0 Å². The molecule has 0 aliphatic rings. The van der Waals surface area contributed by atoms with Crippen molar-refractivity contribution in [1.82, 2.24) is 5.32 Å². The minimum atomic E-state index is -0.926. The Morgan fingerprint density at radius 2 is 1.73 bits per heavy atom. The Morgan fingerprint density at radius 3 is 2.31 bits per heavy atom. The van der Waals surface area contributed by atoms with Crippen molar-refractivity contribution in [3.8, 4) is 0 Å². The van der Waals surface area contributed by atoms with Gasteiger partial charge in [-0.3, -0.25) is 9.59 Å². The molecule has 5 heteroatoms. The van der Waals surface area contributed by atoms with E-state index in [4.69, 9.17) is 16.7 Å². The number of amides is 1. The van der Waals surface area contributed by atoms with Crippen molar-refractivity contribution >= 4 is 23.5 Å². The first-order chi connectivity index (χ1) is 12.5. The Morgan fingerprint density at radius 1 is 1.08 bits per heavy atom. The molecule has 0 aliphatic carbocycles. The fourth-order valence-electron chi connectivity index (χ4n) is 2.93. The van der Waals surface area contributed by atoms with E-state index < -0.39 is 5.97 Å². The van der Waals surface area contributed by atoms with Crippen molar-refractivity contribution in [3.63, 3.8) is 0 Å². The average molecular weight is 374 g/mol. The number of aliphatic carboxylic acids is 1. The molecule has 0 fully saturated rings. The summed E-state index contributed by atoms with van der Waals surface area (Å²) in [5.41, 5.74) is 2.98. The van der Waals surface area contributed by atoms with E-state index >= 15 is 0 Å². The van der Waals surface area contributed by atoms with Gasteiger partial charge in [-0.2, -0.15) is 0 Å². The Hall–Kier alpha value is -2.33. The van der Waals surface area contributed by atoms with Crippen LogP contribution >= 0.6 is 11.6 Å². The number of carbonyl (C=O) groups is 2. The van der Waals surface area contributed by atoms with Crippen LogP contribution in [0.15, 0.2) is 48.5 Å². The molecule has 2 aromatic rings. The fourth-order valence-corrected chi connectivity index (χ4v) is 3.06. The molecule has 0 saturated carbocycles. The van der Waals surface area contributed by atoms with Gasteiger partial charge in [0.25, 0.3) is 5.91 Å². The number of hydrogen-bond acceptors (Lipinski definition) is 2. The standard InChI is InChI=1S/C21H24ClNO3/c1-2-3-18(14-15-4-10-19(22)11-5-15)16-6-8-17(9-7-16)21(26)23-13-12-20(24)25/h4-11,18H,2-3,12-14H2,1H3,(H,23,26)(H,24,25)/t18-/m0/s1. The SMILES string of the molecule is CCC[C@@H](Cc1ccc(Cl)cc1)c1ccc(C(=O)NCCC(=O)O)cc1. The molecule has 138 valence electrons. The van der Waals surface area contributed by atoms with Crippen LogP contribution in [0, 0.1) is 0 Å². The quantitative estimate of drug-likeness (QED) is 0.671. The van der Waals surface area contributed by atoms with E-state index in [1.807, 2.05) is 24.3 Å². The van der Waals surface area contributed by atoms with Crippen LogP contribution in [0.5, 0.6) is 0 Å². The zero-order chi connectivity index (χ0) is 18.9. The second kappa shape index (κ2) is 9.97. The summed E-state index contributed by atoms with van der Waals surface area (Å²) >= 11 is 5.96. The molecule has 26 heavy (non-hydrogen) atoms. The highest BCUT2D eigenvalue weighted by molar-refractivity contribution is 6.30. The number of nitrogens with one attached hydrogen (secondary N) is 1. The third-order valence-electron chi connectivity index (χ3n) is 4.30. The lowest BCUT2D eigenvalue weighted by Gasteiger charge is -2.17. The predicted octanol–water partition coefficient (Wildman–Crippen LogP) is 4.67. The Kier molecular flexibility index (Phi) is 7.67. The van der Waals surface area contributed by atoms with Crippen molar-refractivity contribution in [2.45, 2.75) is 38.5 Å². The lowest BCUT2D eigenvalue weighted by molar-refractivity contribution is -0.136. The summed E-state index contributed by atoms with van der Waals surface area (Å²) in [5, 5.41) is 12.0. The van der Waals surface area contributed by atoms with Crippen molar-refractivity contribution in [2.24, 2.45) is 0 Å². The third kappa shape index (κ3) is 6.19. The number of carboxylic acids is 1. The van der Waals surface area contributed by atoms with Crippen LogP contribution < -0.4 is 5.32 Å². The number of benzene rings is 2. The Bertz CT molecular complexity index is 726. The van der Waals surface area contributed by atoms with Gasteiger partial charge >= 0.3 is 5.97 Å². The molecule has 1 amide bonds. The van der Waals surface area contributed by atoms with Crippen LogP contribution in [0.2, 0.25) is 5.02 Å². The Labute approximate surface area is 159 Å². The first-order valence-corrected chi connectivity index (χ1v) is 9.21. The fraction of sp³-hybridized carbons (Fsp3) is 0.333. The van der Waals surface area contributed by atoms with Crippen LogP contribution in [0.1, 0.15) is 53.6 Å². The maximum Gasteiger partial charge on any atom is 0.305 e. The van der Waals surface area contributed by atoms with E-state index in [1.54, 1.807) is 12.1 Å². The minimum Gasteiger partial charge on any atom is -0.481 e. The highest BCUT2D eigenvalue weighted by Crippen LogP contribution is 2.26. The van der Waals surface area contributed by atoms with Crippen LogP contribution in [-0.4, -0.2) is 23.5 Å². The number of carboxylic acid groups (broad SMARTS) is 1. The smallest absolute Gasteiger partial charge is 0.305 e. The molecule has 0 spiro atoms. The normalized spacial score (nSPS) is 11.8. The van der Waals surface area contributed by atoms with Gasteiger partial charge < -0.3 is 10.4 Å². The summed E-state index contributed by atoms with van der Waals surface area (Å²) in [6.07, 6.45) is 2.99. The number of halogens is 1. The van der Waals surface area contributed by atoms with Crippen molar-refractivity contribution in [1.29, 1.82) is 0 Å². The van der Waals surface area contributed by atoms with E-state index in [-0.39, 0.29) is 18.9 Å². The molecule has 0 bridgehead atoms. The number of rotatable bonds is 9. The molecule has 2 N–H and O–H groups in total. The summed E-state index contributed by atoms with van der Waals surface area (Å²) in [7, 11) is 0. The third-order valence-corrected chi connectivity index (χ3v) is 4.55. The number of hydrogen-bond donors (Lipinski definition) is 2. The first kappa shape index (κ1) is 20.0. The molecule has 0 aliphatic heterocycles. The van der Waals surface area contributed by atoms with Crippen molar-refractivity contribution in [2.75, 3.05) is 6.54 Å². The summed E-state index contributed by atoms with van der Waals surface area (Å²) in [6.45, 7) is 2.30. The zero-order valence-corrected chi connectivity index (χ0v) is 15.6. The predicted molar refractivity (Wildman–Crippen MR) is 104 cm³/mol. The number of carbonyl (C=O) groups excluding carboxylic acids is 1. The molecule has 4 nitrogen and oxygen atoms in total. The molecule has 1 atom stereocenters. The van der Waals surface area contributed by atoms with E-state index in [0.29, 0.717) is 11.5 Å². The van der Waals surface area contributed by atoms with Gasteiger partial charge in [0.1, 0.15) is 0 Å². The second-order valence-corrected chi connectivity index (χ2v) is 6.77. The van der Waals surface area contributed by atoms with Gasteiger partial charge in [-0.05, 0) is 54.2 Å². The van der Waals surface area contributed by atoms with Gasteiger partial charge in [-0.1, -0.05) is 49.2 Å². The second-order valence-electron chi connectivity index (χ2n) is 6.34. The van der Waals surface area contributed by atoms with Crippen molar-refractivity contribution < 1.29 is 14.7 Å². The summed E-state index contributed by atoms with van der Waals surface area (Å²) < 4.78 is 0. The molecule has 2 aromatic carbocycles. The van der Waals surface area contributed by atoms with E-state index in [9.17, 15) is 9.59 Å². The van der Waals surface area contributed by atoms with Crippen LogP contribution in [0.3, 0.4) is 0 Å². The van der Waals surface area contributed by atoms with E-state index in [2.05, 4.69) is 24.4 Å². The van der Waals surface area contributed by atoms with Gasteiger partial charge in [0.05, 0.1) is 6.42 Å².